The molecule has 0 unspecified atom stereocenters. The van der Waals surface area contributed by atoms with Crippen LogP contribution in [0.15, 0.2) is 30.5 Å². The first-order valence-electron chi connectivity index (χ1n) is 7.20. The molecule has 2 aromatic rings. The van der Waals surface area contributed by atoms with E-state index < -0.39 is 0 Å². The summed E-state index contributed by atoms with van der Waals surface area (Å²) in [6.07, 6.45) is 3.56. The van der Waals surface area contributed by atoms with Crippen molar-refractivity contribution in [2.75, 3.05) is 22.9 Å². The first-order valence-corrected chi connectivity index (χ1v) is 7.20. The van der Waals surface area contributed by atoms with Gasteiger partial charge in [-0.05, 0) is 31.0 Å². The number of amides is 1. The summed E-state index contributed by atoms with van der Waals surface area (Å²) < 4.78 is 5.97. The van der Waals surface area contributed by atoms with E-state index in [-0.39, 0.29) is 5.91 Å². The Labute approximate surface area is 128 Å². The molecule has 114 valence electrons. The average molecular weight is 298 g/mol. The van der Waals surface area contributed by atoms with Crippen LogP contribution in [0.1, 0.15) is 18.9 Å². The largest absolute Gasteiger partial charge is 0.457 e. The summed E-state index contributed by atoms with van der Waals surface area (Å²) in [5.74, 6) is 1.69. The van der Waals surface area contributed by atoms with Gasteiger partial charge in [0.1, 0.15) is 17.3 Å². The summed E-state index contributed by atoms with van der Waals surface area (Å²) in [6, 6.07) is 7.16. The van der Waals surface area contributed by atoms with Gasteiger partial charge in [0, 0.05) is 31.3 Å². The number of rotatable bonds is 3. The number of anilines is 3. The number of nitrogen functional groups attached to an aromatic ring is 1. The Morgan fingerprint density at radius 3 is 3.09 bits per heavy atom. The molecule has 1 aromatic carbocycles. The van der Waals surface area contributed by atoms with Crippen LogP contribution in [0.3, 0.4) is 0 Å². The fourth-order valence-corrected chi connectivity index (χ4v) is 2.53. The molecular weight excluding hydrogens is 280 g/mol. The van der Waals surface area contributed by atoms with Gasteiger partial charge in [-0.15, -0.1) is 0 Å². The monoisotopic (exact) mass is 298 g/mol. The Morgan fingerprint density at radius 2 is 2.27 bits per heavy atom. The van der Waals surface area contributed by atoms with Gasteiger partial charge in [-0.3, -0.25) is 4.79 Å². The number of hydrogen-bond donors (Lipinski definition) is 3. The van der Waals surface area contributed by atoms with Crippen LogP contribution in [0.25, 0.3) is 0 Å². The van der Waals surface area contributed by atoms with E-state index in [0.29, 0.717) is 11.6 Å². The van der Waals surface area contributed by atoms with Crippen molar-refractivity contribution >= 4 is 23.1 Å². The third kappa shape index (κ3) is 2.95. The van der Waals surface area contributed by atoms with E-state index in [9.17, 15) is 4.79 Å². The van der Waals surface area contributed by atoms with Crippen molar-refractivity contribution < 1.29 is 9.53 Å². The molecule has 1 aromatic heterocycles. The van der Waals surface area contributed by atoms with Gasteiger partial charge in [-0.25, -0.2) is 4.98 Å². The SMILES string of the molecule is CC(=O)Nc1cc(Oc2ccc(N)c3c2CCCN3)ccn1. The number of nitrogens with zero attached hydrogens (tertiary/aromatic N) is 1. The molecule has 0 atom stereocenters. The van der Waals surface area contributed by atoms with Crippen molar-refractivity contribution in [2.45, 2.75) is 19.8 Å². The topological polar surface area (TPSA) is 89.3 Å². The number of carbonyl (C=O) groups is 1. The van der Waals surface area contributed by atoms with Gasteiger partial charge in [-0.2, -0.15) is 0 Å². The maximum Gasteiger partial charge on any atom is 0.222 e. The van der Waals surface area contributed by atoms with Crippen LogP contribution in [0.4, 0.5) is 17.2 Å². The molecule has 1 aliphatic heterocycles. The fourth-order valence-electron chi connectivity index (χ4n) is 2.53. The minimum absolute atomic E-state index is 0.168. The molecular formula is C16H18N4O2. The number of aromatic nitrogens is 1. The van der Waals surface area contributed by atoms with E-state index in [1.807, 2.05) is 12.1 Å². The van der Waals surface area contributed by atoms with Crippen molar-refractivity contribution in [1.82, 2.24) is 4.98 Å². The van der Waals surface area contributed by atoms with Crippen molar-refractivity contribution in [3.05, 3.63) is 36.0 Å². The number of nitrogens with two attached hydrogens (primary N) is 1. The summed E-state index contributed by atoms with van der Waals surface area (Å²) in [4.78, 5) is 15.2. The standard InChI is InChI=1S/C16H18N4O2/c1-10(21)20-15-9-11(6-8-18-15)22-14-5-4-13(17)16-12(14)3-2-7-19-16/h4-6,8-9,19H,2-3,7,17H2,1H3,(H,18,20,21). The zero-order valence-corrected chi connectivity index (χ0v) is 12.3. The van der Waals surface area contributed by atoms with Crippen LogP contribution in [-0.4, -0.2) is 17.4 Å². The maximum atomic E-state index is 11.1. The first kappa shape index (κ1) is 14.2. The van der Waals surface area contributed by atoms with Crippen LogP contribution >= 0.6 is 0 Å². The second-order valence-corrected chi connectivity index (χ2v) is 5.20. The van der Waals surface area contributed by atoms with Gasteiger partial charge in [0.2, 0.25) is 5.91 Å². The van der Waals surface area contributed by atoms with Crippen LogP contribution in [-0.2, 0) is 11.2 Å². The Balaban J connectivity index is 1.89. The molecule has 2 heterocycles. The highest BCUT2D eigenvalue weighted by atomic mass is 16.5. The number of fused-ring (bicyclic) bond motifs is 1. The quantitative estimate of drug-likeness (QED) is 0.758. The number of benzene rings is 1. The molecule has 0 radical (unpaired) electrons. The maximum absolute atomic E-state index is 11.1. The van der Waals surface area contributed by atoms with Gasteiger partial charge in [-0.1, -0.05) is 0 Å². The molecule has 0 fully saturated rings. The van der Waals surface area contributed by atoms with Gasteiger partial charge in [0.15, 0.2) is 0 Å². The predicted molar refractivity (Wildman–Crippen MR) is 86.3 cm³/mol. The third-order valence-electron chi connectivity index (χ3n) is 3.47. The average Bonchev–Trinajstić information content (AvgIpc) is 2.50. The number of carbonyl (C=O) groups excluding carboxylic acids is 1. The lowest BCUT2D eigenvalue weighted by molar-refractivity contribution is -0.114. The molecule has 0 aliphatic carbocycles. The van der Waals surface area contributed by atoms with Crippen molar-refractivity contribution in [3.8, 4) is 11.5 Å². The molecule has 4 N–H and O–H groups in total. The number of hydrogen-bond acceptors (Lipinski definition) is 5. The lowest BCUT2D eigenvalue weighted by Gasteiger charge is -2.22. The minimum Gasteiger partial charge on any atom is -0.457 e. The molecule has 0 spiro atoms. The van der Waals surface area contributed by atoms with Crippen molar-refractivity contribution in [1.29, 1.82) is 0 Å². The molecule has 22 heavy (non-hydrogen) atoms. The van der Waals surface area contributed by atoms with E-state index in [0.717, 1.165) is 42.1 Å². The molecule has 0 bridgehead atoms. The molecule has 0 saturated heterocycles. The number of ether oxygens (including phenoxy) is 1. The molecule has 3 rings (SSSR count). The normalized spacial score (nSPS) is 13.0. The highest BCUT2D eigenvalue weighted by molar-refractivity contribution is 5.87. The predicted octanol–water partition coefficient (Wildman–Crippen LogP) is 2.77. The van der Waals surface area contributed by atoms with Gasteiger partial charge < -0.3 is 21.1 Å². The second kappa shape index (κ2) is 5.93. The molecule has 0 saturated carbocycles. The van der Waals surface area contributed by atoms with Gasteiger partial charge in [0.05, 0.1) is 11.4 Å². The van der Waals surface area contributed by atoms with Crippen LogP contribution in [0, 0.1) is 0 Å². The highest BCUT2D eigenvalue weighted by Gasteiger charge is 2.17. The smallest absolute Gasteiger partial charge is 0.222 e. The molecule has 1 amide bonds. The minimum atomic E-state index is -0.168. The fraction of sp³-hybridized carbons (Fsp3) is 0.250. The van der Waals surface area contributed by atoms with Crippen LogP contribution in [0.2, 0.25) is 0 Å². The lowest BCUT2D eigenvalue weighted by Crippen LogP contribution is -2.14. The Bertz CT molecular complexity index is 715. The highest BCUT2D eigenvalue weighted by Crippen LogP contribution is 2.37. The Morgan fingerprint density at radius 1 is 1.41 bits per heavy atom. The zero-order valence-electron chi connectivity index (χ0n) is 12.3. The molecule has 6 nitrogen and oxygen atoms in total. The summed E-state index contributed by atoms with van der Waals surface area (Å²) in [6.45, 7) is 2.36. The Hall–Kier alpha value is -2.76. The van der Waals surface area contributed by atoms with Crippen molar-refractivity contribution in [2.24, 2.45) is 0 Å². The van der Waals surface area contributed by atoms with Gasteiger partial charge >= 0.3 is 0 Å². The summed E-state index contributed by atoms with van der Waals surface area (Å²) in [5.41, 5.74) is 8.78. The Kier molecular flexibility index (Phi) is 3.82. The van der Waals surface area contributed by atoms with Gasteiger partial charge in [0.25, 0.3) is 0 Å². The van der Waals surface area contributed by atoms with E-state index in [2.05, 4.69) is 15.6 Å². The first-order chi connectivity index (χ1) is 10.6. The third-order valence-corrected chi connectivity index (χ3v) is 3.47. The van der Waals surface area contributed by atoms with Crippen LogP contribution in [0.5, 0.6) is 11.5 Å². The van der Waals surface area contributed by atoms with E-state index >= 15 is 0 Å². The number of pyridine rings is 1. The number of nitrogens with one attached hydrogen (secondary N) is 2. The van der Waals surface area contributed by atoms with E-state index in [4.69, 9.17) is 10.5 Å². The summed E-state index contributed by atoms with van der Waals surface area (Å²) in [7, 11) is 0. The molecule has 6 heteroatoms. The second-order valence-electron chi connectivity index (χ2n) is 5.20. The van der Waals surface area contributed by atoms with E-state index in [1.165, 1.54) is 6.92 Å². The van der Waals surface area contributed by atoms with Crippen molar-refractivity contribution in [3.63, 3.8) is 0 Å². The summed E-state index contributed by atoms with van der Waals surface area (Å²) in [5, 5.41) is 5.96. The van der Waals surface area contributed by atoms with E-state index in [1.54, 1.807) is 18.3 Å². The lowest BCUT2D eigenvalue weighted by atomic mass is 10.0. The van der Waals surface area contributed by atoms with Crippen LogP contribution < -0.4 is 21.1 Å². The summed E-state index contributed by atoms with van der Waals surface area (Å²) >= 11 is 0. The molecule has 1 aliphatic rings. The zero-order chi connectivity index (χ0) is 15.5.